The van der Waals surface area contributed by atoms with E-state index in [0.717, 1.165) is 24.5 Å². The zero-order valence-corrected chi connectivity index (χ0v) is 16.5. The van der Waals surface area contributed by atoms with E-state index in [9.17, 15) is 9.59 Å². The molecular weight excluding hydrogens is 370 g/mol. The Labute approximate surface area is 170 Å². The average Bonchev–Trinajstić information content (AvgIpc) is 2.75. The van der Waals surface area contributed by atoms with Gasteiger partial charge in [-0.1, -0.05) is 24.3 Å². The molecule has 2 amide bonds. The van der Waals surface area contributed by atoms with Crippen molar-refractivity contribution in [2.24, 2.45) is 0 Å². The molecule has 0 aromatic heterocycles. The first-order chi connectivity index (χ1) is 14.2. The summed E-state index contributed by atoms with van der Waals surface area (Å²) < 4.78 is 11.5. The SMILES string of the molecule is CCOc1ccccc1N1CCN(C(=O)C[C@@H]2Oc3ccccc3NC2=O)CC1. The number of anilines is 2. The standard InChI is InChI=1S/C22H25N3O4/c1-2-28-19-10-6-4-8-17(19)24-11-13-25(14-12-24)21(26)15-20-22(27)23-16-7-3-5-9-18(16)29-20/h3-10,20H,2,11-15H2,1H3,(H,23,27)/t20-/m0/s1. The molecule has 1 fully saturated rings. The molecule has 29 heavy (non-hydrogen) atoms. The van der Waals surface area contributed by atoms with Crippen LogP contribution >= 0.6 is 0 Å². The van der Waals surface area contributed by atoms with Crippen molar-refractivity contribution in [3.05, 3.63) is 48.5 Å². The van der Waals surface area contributed by atoms with Crippen LogP contribution in [0.2, 0.25) is 0 Å². The van der Waals surface area contributed by atoms with Crippen LogP contribution in [0.5, 0.6) is 11.5 Å². The van der Waals surface area contributed by atoms with Gasteiger partial charge in [0.25, 0.3) is 5.91 Å². The maximum atomic E-state index is 12.8. The molecule has 7 nitrogen and oxygen atoms in total. The number of piperazine rings is 1. The largest absolute Gasteiger partial charge is 0.492 e. The number of nitrogens with one attached hydrogen (secondary N) is 1. The smallest absolute Gasteiger partial charge is 0.266 e. The number of rotatable bonds is 5. The minimum absolute atomic E-state index is 0.0374. The normalized spacial score (nSPS) is 18.5. The fraction of sp³-hybridized carbons (Fsp3) is 0.364. The van der Waals surface area contributed by atoms with Gasteiger partial charge in [-0.15, -0.1) is 0 Å². The van der Waals surface area contributed by atoms with Crippen LogP contribution in [0.25, 0.3) is 0 Å². The number of carbonyl (C=O) groups is 2. The van der Waals surface area contributed by atoms with Gasteiger partial charge >= 0.3 is 0 Å². The van der Waals surface area contributed by atoms with E-state index in [1.54, 1.807) is 17.0 Å². The summed E-state index contributed by atoms with van der Waals surface area (Å²) in [5.74, 6) is 1.12. The summed E-state index contributed by atoms with van der Waals surface area (Å²) in [5, 5.41) is 2.81. The molecule has 1 N–H and O–H groups in total. The van der Waals surface area contributed by atoms with Crippen LogP contribution in [-0.4, -0.2) is 55.6 Å². The minimum atomic E-state index is -0.797. The van der Waals surface area contributed by atoms with Gasteiger partial charge in [-0.05, 0) is 31.2 Å². The van der Waals surface area contributed by atoms with E-state index in [1.807, 2.05) is 43.3 Å². The molecule has 1 saturated heterocycles. The Balaban J connectivity index is 1.35. The lowest BCUT2D eigenvalue weighted by molar-refractivity contribution is -0.137. The Morgan fingerprint density at radius 3 is 2.62 bits per heavy atom. The zero-order chi connectivity index (χ0) is 20.2. The van der Waals surface area contributed by atoms with E-state index in [-0.39, 0.29) is 18.2 Å². The van der Waals surface area contributed by atoms with E-state index in [0.29, 0.717) is 31.1 Å². The third kappa shape index (κ3) is 4.13. The van der Waals surface area contributed by atoms with Crippen LogP contribution in [0.15, 0.2) is 48.5 Å². The molecule has 0 radical (unpaired) electrons. The third-order valence-electron chi connectivity index (χ3n) is 5.20. The van der Waals surface area contributed by atoms with Crippen LogP contribution in [0.1, 0.15) is 13.3 Å². The van der Waals surface area contributed by atoms with E-state index >= 15 is 0 Å². The van der Waals surface area contributed by atoms with E-state index in [1.165, 1.54) is 0 Å². The Hall–Kier alpha value is -3.22. The molecule has 2 aromatic carbocycles. The van der Waals surface area contributed by atoms with Crippen LogP contribution in [0, 0.1) is 0 Å². The van der Waals surface area contributed by atoms with Gasteiger partial charge in [0.15, 0.2) is 6.10 Å². The second-order valence-corrected chi connectivity index (χ2v) is 7.06. The predicted molar refractivity (Wildman–Crippen MR) is 111 cm³/mol. The average molecular weight is 395 g/mol. The van der Waals surface area contributed by atoms with Crippen molar-refractivity contribution in [1.29, 1.82) is 0 Å². The highest BCUT2D eigenvalue weighted by molar-refractivity contribution is 6.00. The first-order valence-electron chi connectivity index (χ1n) is 9.97. The second kappa shape index (κ2) is 8.43. The molecule has 0 bridgehead atoms. The Morgan fingerprint density at radius 2 is 1.83 bits per heavy atom. The zero-order valence-electron chi connectivity index (χ0n) is 16.5. The number of fused-ring (bicyclic) bond motifs is 1. The number of ether oxygens (including phenoxy) is 2. The van der Waals surface area contributed by atoms with Gasteiger partial charge in [0, 0.05) is 26.2 Å². The van der Waals surface area contributed by atoms with Crippen molar-refractivity contribution in [2.45, 2.75) is 19.4 Å². The Kier molecular flexibility index (Phi) is 5.55. The third-order valence-corrected chi connectivity index (χ3v) is 5.20. The summed E-state index contributed by atoms with van der Waals surface area (Å²) in [6.07, 6.45) is -0.760. The lowest BCUT2D eigenvalue weighted by atomic mass is 10.1. The monoisotopic (exact) mass is 395 g/mol. The first-order valence-corrected chi connectivity index (χ1v) is 9.97. The highest BCUT2D eigenvalue weighted by Gasteiger charge is 2.32. The maximum absolute atomic E-state index is 12.8. The van der Waals surface area contributed by atoms with Crippen LogP contribution < -0.4 is 19.7 Å². The summed E-state index contributed by atoms with van der Waals surface area (Å²) in [5.41, 5.74) is 1.69. The maximum Gasteiger partial charge on any atom is 0.266 e. The van der Waals surface area contributed by atoms with Crippen molar-refractivity contribution in [2.75, 3.05) is 43.0 Å². The molecule has 2 heterocycles. The number of amides is 2. The van der Waals surface area contributed by atoms with Gasteiger partial charge in [0.2, 0.25) is 5.91 Å². The summed E-state index contributed by atoms with van der Waals surface area (Å²) in [4.78, 5) is 29.1. The lowest BCUT2D eigenvalue weighted by Crippen LogP contribution is -2.50. The molecule has 0 aliphatic carbocycles. The van der Waals surface area contributed by atoms with Gasteiger partial charge in [-0.2, -0.15) is 0 Å². The van der Waals surface area contributed by atoms with Crippen molar-refractivity contribution < 1.29 is 19.1 Å². The number of para-hydroxylation sites is 4. The molecule has 0 spiro atoms. The molecule has 0 unspecified atom stereocenters. The van der Waals surface area contributed by atoms with Crippen LogP contribution in [0.4, 0.5) is 11.4 Å². The predicted octanol–water partition coefficient (Wildman–Crippen LogP) is 2.52. The summed E-state index contributed by atoms with van der Waals surface area (Å²) in [7, 11) is 0. The molecule has 2 aliphatic heterocycles. The van der Waals surface area contributed by atoms with Crippen molar-refractivity contribution in [3.63, 3.8) is 0 Å². The molecule has 1 atom stereocenters. The molecule has 7 heteroatoms. The van der Waals surface area contributed by atoms with Gasteiger partial charge < -0.3 is 24.6 Å². The fourth-order valence-corrected chi connectivity index (χ4v) is 3.71. The second-order valence-electron chi connectivity index (χ2n) is 7.06. The number of carbonyl (C=O) groups excluding carboxylic acids is 2. The topological polar surface area (TPSA) is 71.1 Å². The minimum Gasteiger partial charge on any atom is -0.492 e. The highest BCUT2D eigenvalue weighted by Crippen LogP contribution is 2.31. The van der Waals surface area contributed by atoms with Gasteiger partial charge in [-0.25, -0.2) is 0 Å². The molecule has 4 rings (SSSR count). The van der Waals surface area contributed by atoms with Crippen LogP contribution in [0.3, 0.4) is 0 Å². The van der Waals surface area contributed by atoms with Gasteiger partial charge in [0.1, 0.15) is 11.5 Å². The van der Waals surface area contributed by atoms with Gasteiger partial charge in [0.05, 0.1) is 24.4 Å². The number of hydrogen-bond acceptors (Lipinski definition) is 5. The van der Waals surface area contributed by atoms with E-state index in [4.69, 9.17) is 9.47 Å². The van der Waals surface area contributed by atoms with Gasteiger partial charge in [-0.3, -0.25) is 9.59 Å². The number of nitrogens with zero attached hydrogens (tertiary/aromatic N) is 2. The van der Waals surface area contributed by atoms with Crippen LogP contribution in [-0.2, 0) is 9.59 Å². The molecular formula is C22H25N3O4. The Morgan fingerprint density at radius 1 is 1.10 bits per heavy atom. The lowest BCUT2D eigenvalue weighted by Gasteiger charge is -2.37. The van der Waals surface area contributed by atoms with E-state index < -0.39 is 6.10 Å². The number of benzene rings is 2. The highest BCUT2D eigenvalue weighted by atomic mass is 16.5. The molecule has 152 valence electrons. The van der Waals surface area contributed by atoms with Crippen molar-refractivity contribution in [1.82, 2.24) is 4.90 Å². The van der Waals surface area contributed by atoms with Crippen molar-refractivity contribution >= 4 is 23.2 Å². The first kappa shape index (κ1) is 19.1. The Bertz CT molecular complexity index is 893. The summed E-state index contributed by atoms with van der Waals surface area (Å²) in [6, 6.07) is 15.2. The fourth-order valence-electron chi connectivity index (χ4n) is 3.71. The summed E-state index contributed by atoms with van der Waals surface area (Å²) in [6.45, 7) is 5.22. The molecule has 2 aliphatic rings. The van der Waals surface area contributed by atoms with E-state index in [2.05, 4.69) is 10.2 Å². The molecule has 2 aromatic rings. The molecule has 0 saturated carbocycles. The number of hydrogen-bond donors (Lipinski definition) is 1. The quantitative estimate of drug-likeness (QED) is 0.842. The summed E-state index contributed by atoms with van der Waals surface area (Å²) >= 11 is 0. The van der Waals surface area contributed by atoms with Crippen molar-refractivity contribution in [3.8, 4) is 11.5 Å².